The van der Waals surface area contributed by atoms with E-state index in [1.165, 1.54) is 6.07 Å². The van der Waals surface area contributed by atoms with Crippen LogP contribution in [0.25, 0.3) is 33.5 Å². The van der Waals surface area contributed by atoms with Gasteiger partial charge in [0.15, 0.2) is 0 Å². The third kappa shape index (κ3) is 6.29. The van der Waals surface area contributed by atoms with Crippen molar-refractivity contribution in [1.29, 1.82) is 0 Å². The number of alkyl halides is 3. The van der Waals surface area contributed by atoms with E-state index in [0.29, 0.717) is 49.2 Å². The molecule has 1 unspecified atom stereocenters. The molecule has 5 rings (SSSR count). The molecule has 0 aliphatic carbocycles. The fourth-order valence-electron chi connectivity index (χ4n) is 4.61. The predicted octanol–water partition coefficient (Wildman–Crippen LogP) is 7.84. The van der Waals surface area contributed by atoms with Crippen LogP contribution in [-0.2, 0) is 11.0 Å². The number of amides is 1. The largest absolute Gasteiger partial charge is 0.481 e. The van der Waals surface area contributed by atoms with Crippen molar-refractivity contribution < 1.29 is 27.9 Å². The number of fused-ring (bicyclic) bond motifs is 1. The maximum absolute atomic E-state index is 13.3. The molecule has 2 heterocycles. The van der Waals surface area contributed by atoms with E-state index in [-0.39, 0.29) is 19.0 Å². The summed E-state index contributed by atoms with van der Waals surface area (Å²) in [6, 6.07) is 18.5. The number of carboxylic acid groups (broad SMARTS) is 1. The van der Waals surface area contributed by atoms with Gasteiger partial charge in [-0.2, -0.15) is 18.3 Å². The van der Waals surface area contributed by atoms with Gasteiger partial charge in [0.2, 0.25) is 0 Å². The molecule has 1 amide bonds. The molecule has 7 nitrogen and oxygen atoms in total. The normalized spacial score (nSPS) is 12.4. The van der Waals surface area contributed by atoms with Crippen molar-refractivity contribution in [3.8, 4) is 22.6 Å². The number of nitrogens with one attached hydrogen (secondary N) is 2. The number of aromatic amines is 1. The second-order valence-electron chi connectivity index (χ2n) is 9.70. The molecule has 5 aromatic rings. The summed E-state index contributed by atoms with van der Waals surface area (Å²) >= 11 is 12.5. The van der Waals surface area contributed by atoms with Gasteiger partial charge in [0, 0.05) is 38.6 Å². The summed E-state index contributed by atoms with van der Waals surface area (Å²) < 4.78 is 41.7. The molecule has 0 aliphatic heterocycles. The number of carbonyl (C=O) groups is 2. The van der Waals surface area contributed by atoms with Gasteiger partial charge in [0.05, 0.1) is 35.1 Å². The lowest BCUT2D eigenvalue weighted by atomic mass is 10.1. The fraction of sp³-hybridized carbons (Fsp3) is 0.167. The van der Waals surface area contributed by atoms with E-state index >= 15 is 0 Å². The first-order valence-electron chi connectivity index (χ1n) is 12.8. The first-order valence-corrected chi connectivity index (χ1v) is 13.5. The molecular weight excluding hydrogens is 592 g/mol. The van der Waals surface area contributed by atoms with Gasteiger partial charge in [0.25, 0.3) is 5.91 Å². The Bertz CT molecular complexity index is 1780. The zero-order valence-corrected chi connectivity index (χ0v) is 23.5. The van der Waals surface area contributed by atoms with Crippen molar-refractivity contribution in [1.82, 2.24) is 20.1 Å². The van der Waals surface area contributed by atoms with E-state index < -0.39 is 23.6 Å². The molecule has 42 heavy (non-hydrogen) atoms. The highest BCUT2D eigenvalue weighted by atomic mass is 35.5. The SMILES string of the molecule is CC(c1ccc(C(=O)NCCC(=O)O)cc1)n1nc(-c2cc(Cl)cc(Cl)c2)cc1-c1cc2ccc(C(F)(F)F)cc2[nH]1. The number of hydrogen-bond acceptors (Lipinski definition) is 3. The number of benzene rings is 3. The predicted molar refractivity (Wildman–Crippen MR) is 155 cm³/mol. The van der Waals surface area contributed by atoms with Gasteiger partial charge in [-0.25, -0.2) is 0 Å². The highest BCUT2D eigenvalue weighted by molar-refractivity contribution is 6.35. The molecule has 2 aromatic heterocycles. The first kappa shape index (κ1) is 29.2. The summed E-state index contributed by atoms with van der Waals surface area (Å²) in [5, 5.41) is 17.6. The van der Waals surface area contributed by atoms with Crippen LogP contribution in [0.2, 0.25) is 10.0 Å². The molecule has 0 spiro atoms. The third-order valence-corrected chi connectivity index (χ3v) is 7.20. The number of rotatable bonds is 8. The van der Waals surface area contributed by atoms with Gasteiger partial charge in [-0.3, -0.25) is 14.3 Å². The molecule has 0 bridgehead atoms. The molecule has 3 aromatic carbocycles. The summed E-state index contributed by atoms with van der Waals surface area (Å²) in [6.07, 6.45) is -4.66. The smallest absolute Gasteiger partial charge is 0.416 e. The van der Waals surface area contributed by atoms with E-state index in [1.54, 1.807) is 59.3 Å². The van der Waals surface area contributed by atoms with Gasteiger partial charge in [-0.1, -0.05) is 41.4 Å². The van der Waals surface area contributed by atoms with Gasteiger partial charge in [-0.15, -0.1) is 0 Å². The van der Waals surface area contributed by atoms with Crippen LogP contribution in [0.3, 0.4) is 0 Å². The summed E-state index contributed by atoms with van der Waals surface area (Å²) in [5.41, 5.74) is 3.09. The Balaban J connectivity index is 1.54. The lowest BCUT2D eigenvalue weighted by Gasteiger charge is -2.16. The molecule has 0 radical (unpaired) electrons. The maximum atomic E-state index is 13.3. The number of halogens is 5. The Morgan fingerprint density at radius 1 is 1.00 bits per heavy atom. The Labute approximate surface area is 247 Å². The van der Waals surface area contributed by atoms with Crippen LogP contribution in [-0.4, -0.2) is 38.3 Å². The zero-order valence-electron chi connectivity index (χ0n) is 22.0. The minimum absolute atomic E-state index is 0.00816. The number of carbonyl (C=O) groups excluding carboxylic acids is 1. The van der Waals surface area contributed by atoms with Crippen molar-refractivity contribution in [2.24, 2.45) is 0 Å². The molecule has 12 heteroatoms. The molecule has 0 saturated heterocycles. The number of aliphatic carboxylic acids is 1. The molecule has 3 N–H and O–H groups in total. The van der Waals surface area contributed by atoms with Crippen LogP contribution in [0.1, 0.15) is 40.9 Å². The van der Waals surface area contributed by atoms with Crippen molar-refractivity contribution in [3.63, 3.8) is 0 Å². The van der Waals surface area contributed by atoms with E-state index in [0.717, 1.165) is 17.7 Å². The average Bonchev–Trinajstić information content (AvgIpc) is 3.56. The monoisotopic (exact) mass is 614 g/mol. The van der Waals surface area contributed by atoms with Crippen molar-refractivity contribution >= 4 is 46.0 Å². The Morgan fingerprint density at radius 2 is 1.69 bits per heavy atom. The highest BCUT2D eigenvalue weighted by Gasteiger charge is 2.30. The number of carboxylic acids is 1. The number of nitrogens with zero attached hydrogens (tertiary/aromatic N) is 2. The third-order valence-electron chi connectivity index (χ3n) is 6.77. The minimum Gasteiger partial charge on any atom is -0.481 e. The van der Waals surface area contributed by atoms with Gasteiger partial charge < -0.3 is 15.4 Å². The zero-order chi connectivity index (χ0) is 30.2. The van der Waals surface area contributed by atoms with E-state index in [9.17, 15) is 22.8 Å². The number of aromatic nitrogens is 3. The quantitative estimate of drug-likeness (QED) is 0.166. The number of H-pyrrole nitrogens is 1. The Kier molecular flexibility index (Phi) is 8.03. The van der Waals surface area contributed by atoms with Gasteiger partial charge >= 0.3 is 12.1 Å². The molecule has 216 valence electrons. The van der Waals surface area contributed by atoms with E-state index in [1.807, 2.05) is 6.92 Å². The molecule has 0 fully saturated rings. The van der Waals surface area contributed by atoms with E-state index in [4.69, 9.17) is 33.4 Å². The second-order valence-corrected chi connectivity index (χ2v) is 10.6. The lowest BCUT2D eigenvalue weighted by molar-refractivity contribution is -0.138. The van der Waals surface area contributed by atoms with Crippen LogP contribution in [0, 0.1) is 0 Å². The van der Waals surface area contributed by atoms with Crippen molar-refractivity contribution in [2.45, 2.75) is 25.6 Å². The summed E-state index contributed by atoms with van der Waals surface area (Å²) in [5.74, 6) is -1.41. The van der Waals surface area contributed by atoms with Gasteiger partial charge in [-0.05, 0) is 67.1 Å². The highest BCUT2D eigenvalue weighted by Crippen LogP contribution is 2.36. The van der Waals surface area contributed by atoms with Crippen LogP contribution >= 0.6 is 23.2 Å². The van der Waals surface area contributed by atoms with Crippen LogP contribution < -0.4 is 5.32 Å². The maximum Gasteiger partial charge on any atom is 0.416 e. The Morgan fingerprint density at radius 3 is 2.33 bits per heavy atom. The van der Waals surface area contributed by atoms with Crippen LogP contribution in [0.4, 0.5) is 13.2 Å². The lowest BCUT2D eigenvalue weighted by Crippen LogP contribution is -2.26. The summed E-state index contributed by atoms with van der Waals surface area (Å²) in [7, 11) is 0. The average molecular weight is 615 g/mol. The van der Waals surface area contributed by atoms with Crippen LogP contribution in [0.5, 0.6) is 0 Å². The van der Waals surface area contributed by atoms with Crippen molar-refractivity contribution in [3.05, 3.63) is 99.5 Å². The summed E-state index contributed by atoms with van der Waals surface area (Å²) in [6.45, 7) is 1.91. The second kappa shape index (κ2) is 11.5. The van der Waals surface area contributed by atoms with E-state index in [2.05, 4.69) is 10.3 Å². The molecule has 0 saturated carbocycles. The van der Waals surface area contributed by atoms with Gasteiger partial charge in [0.1, 0.15) is 0 Å². The molecule has 0 aliphatic rings. The Hall–Kier alpha value is -4.28. The summed E-state index contributed by atoms with van der Waals surface area (Å²) in [4.78, 5) is 26.2. The fourth-order valence-corrected chi connectivity index (χ4v) is 5.14. The molecule has 1 atom stereocenters. The number of hydrogen-bond donors (Lipinski definition) is 3. The van der Waals surface area contributed by atoms with Crippen LogP contribution in [0.15, 0.2) is 72.8 Å². The standard InChI is InChI=1S/C30H23Cl2F3N4O3/c1-16(17-2-4-18(5-3-17)29(42)36-9-8-28(40)41)39-27(15-25(38-39)20-10-22(31)14-23(32)11-20)26-12-19-6-7-21(30(33,34)35)13-24(19)37-26/h2-7,10-16,37H,8-9H2,1H3,(H,36,42)(H,40,41). The van der Waals surface area contributed by atoms with Crippen molar-refractivity contribution in [2.75, 3.05) is 6.54 Å². The minimum atomic E-state index is -4.48. The molecular formula is C30H23Cl2F3N4O3. The topological polar surface area (TPSA) is 100 Å². The first-order chi connectivity index (χ1) is 19.9.